The molecule has 0 unspecified atom stereocenters. The zero-order valence-corrected chi connectivity index (χ0v) is 30.2. The minimum atomic E-state index is -4.88. The molecule has 284 valence electrons. The summed E-state index contributed by atoms with van der Waals surface area (Å²) in [6.07, 6.45) is 3.89. The molecule has 2 aromatic carbocycles. The summed E-state index contributed by atoms with van der Waals surface area (Å²) >= 11 is 0. The van der Waals surface area contributed by atoms with Crippen molar-refractivity contribution in [2.45, 2.75) is 77.7 Å². The van der Waals surface area contributed by atoms with Crippen LogP contribution < -0.4 is 15.6 Å². The van der Waals surface area contributed by atoms with Gasteiger partial charge in [0.1, 0.15) is 22.8 Å². The van der Waals surface area contributed by atoms with Crippen LogP contribution in [0.3, 0.4) is 0 Å². The Morgan fingerprint density at radius 2 is 1.74 bits per heavy atom. The number of aromatic nitrogens is 3. The molecule has 3 heterocycles. The maximum absolute atomic E-state index is 12.1. The molecule has 18 heteroatoms. The van der Waals surface area contributed by atoms with Gasteiger partial charge in [-0.2, -0.15) is 0 Å². The molecule has 0 spiro atoms. The molecule has 0 atom stereocenters. The monoisotopic (exact) mass is 754 g/mol. The number of imidazole rings is 1. The van der Waals surface area contributed by atoms with Gasteiger partial charge in [0.05, 0.1) is 24.0 Å². The zero-order valence-electron chi connectivity index (χ0n) is 29.3. The predicted octanol–water partition coefficient (Wildman–Crippen LogP) is 3.58. The van der Waals surface area contributed by atoms with Crippen molar-refractivity contribution in [1.29, 1.82) is 0 Å². The highest BCUT2D eigenvalue weighted by Crippen LogP contribution is 2.41. The molecule has 5 rings (SSSR count). The van der Waals surface area contributed by atoms with E-state index in [0.717, 1.165) is 23.8 Å². The van der Waals surface area contributed by atoms with Crippen LogP contribution in [-0.4, -0.2) is 77.9 Å². The Bertz CT molecular complexity index is 2030. The summed E-state index contributed by atoms with van der Waals surface area (Å²) in [6, 6.07) is 9.88. The number of hydroxylamine groups is 2. The molecule has 53 heavy (non-hydrogen) atoms. The van der Waals surface area contributed by atoms with Gasteiger partial charge in [0.2, 0.25) is 5.91 Å². The molecular formula is C35H43N6O11P. The lowest BCUT2D eigenvalue weighted by molar-refractivity contribution is -0.197. The number of carbonyl (C=O) groups is 4. The van der Waals surface area contributed by atoms with Gasteiger partial charge in [0.25, 0.3) is 11.8 Å². The maximum Gasteiger partial charge on any atom is 0.524 e. The summed E-state index contributed by atoms with van der Waals surface area (Å²) in [6.45, 7) is 3.37. The number of phenols is 1. The topological polar surface area (TPSA) is 246 Å². The number of phenolic OH excluding ortho intramolecular Hbond substituents is 1. The van der Waals surface area contributed by atoms with Crippen LogP contribution in [0, 0.1) is 0 Å². The number of unbranched alkanes of at least 4 members (excludes halogenated alkanes) is 1. The van der Waals surface area contributed by atoms with Crippen molar-refractivity contribution in [3.05, 3.63) is 53.3 Å². The predicted molar refractivity (Wildman–Crippen MR) is 191 cm³/mol. The first-order valence-electron chi connectivity index (χ1n) is 17.4. The number of pyridine rings is 1. The standard InChI is InChI=1S/C35H43N6O11P/c1-2-3-7-28-39-33-34(40(28)21-23-20-24(42)9-11-27(23)52-53(47,48)49)25-19-22(8-10-26(25)38-35(33)36)6-4-17-50-18-5-16-37-29(43)12-15-32(46)51-41-30(44)13-14-31(41)45/h8-11,19-20,42H,2-7,12-18,21H2,1H3,(H2,36,38)(H,37,43)(H2,47,48,49). The molecule has 6 N–H and O–H groups in total. The van der Waals surface area contributed by atoms with Gasteiger partial charge in [0, 0.05) is 56.4 Å². The Labute approximate surface area is 304 Å². The van der Waals surface area contributed by atoms with Gasteiger partial charge >= 0.3 is 13.8 Å². The molecule has 17 nitrogen and oxygen atoms in total. The first-order valence-corrected chi connectivity index (χ1v) is 18.9. The van der Waals surface area contributed by atoms with E-state index in [9.17, 15) is 38.6 Å². The smallest absolute Gasteiger partial charge is 0.508 e. The first kappa shape index (κ1) is 39.1. The fourth-order valence-electron chi connectivity index (χ4n) is 5.92. The van der Waals surface area contributed by atoms with E-state index in [1.54, 1.807) is 0 Å². The molecule has 1 saturated heterocycles. The maximum atomic E-state index is 12.1. The number of ether oxygens (including phenoxy) is 1. The van der Waals surface area contributed by atoms with Crippen molar-refractivity contribution in [3.8, 4) is 11.5 Å². The number of aryl methyl sites for hydroxylation is 2. The number of benzene rings is 2. The molecule has 0 saturated carbocycles. The molecular weight excluding hydrogens is 711 g/mol. The number of fused-ring (bicyclic) bond motifs is 3. The average Bonchev–Trinajstić information content (AvgIpc) is 3.63. The molecule has 0 radical (unpaired) electrons. The number of hydrogen-bond donors (Lipinski definition) is 5. The summed E-state index contributed by atoms with van der Waals surface area (Å²) < 4.78 is 24.4. The van der Waals surface area contributed by atoms with Crippen molar-refractivity contribution >= 4 is 59.3 Å². The van der Waals surface area contributed by atoms with Crippen LogP contribution in [0.1, 0.15) is 75.2 Å². The second-order valence-electron chi connectivity index (χ2n) is 12.6. The Balaban J connectivity index is 1.17. The van der Waals surface area contributed by atoms with Crippen molar-refractivity contribution in [3.63, 3.8) is 0 Å². The average molecular weight is 755 g/mol. The number of amides is 3. The molecule has 2 aromatic heterocycles. The van der Waals surface area contributed by atoms with Gasteiger partial charge in [-0.3, -0.25) is 24.2 Å². The van der Waals surface area contributed by atoms with Crippen LogP contribution in [0.15, 0.2) is 36.4 Å². The Kier molecular flexibility index (Phi) is 13.0. The molecule has 3 amide bonds. The van der Waals surface area contributed by atoms with Gasteiger partial charge in [-0.15, -0.1) is 5.06 Å². The number of nitrogen functional groups attached to an aromatic ring is 1. The van der Waals surface area contributed by atoms with Crippen LogP contribution >= 0.6 is 7.82 Å². The highest BCUT2D eigenvalue weighted by atomic mass is 31.2. The molecule has 4 aromatic rings. The van der Waals surface area contributed by atoms with E-state index in [2.05, 4.69) is 17.2 Å². The molecule has 1 aliphatic rings. The third kappa shape index (κ3) is 10.5. The number of carbonyl (C=O) groups excluding carboxylic acids is 4. The quantitative estimate of drug-likeness (QED) is 0.0522. The van der Waals surface area contributed by atoms with Crippen molar-refractivity contribution < 1.29 is 52.7 Å². The largest absolute Gasteiger partial charge is 0.524 e. The van der Waals surface area contributed by atoms with Crippen LogP contribution in [-0.2, 0) is 52.7 Å². The number of phosphoric ester groups is 1. The Morgan fingerprint density at radius 1 is 0.981 bits per heavy atom. The van der Waals surface area contributed by atoms with Crippen LogP contribution in [0.5, 0.6) is 11.5 Å². The minimum Gasteiger partial charge on any atom is -0.508 e. The number of rotatable bonds is 19. The van der Waals surface area contributed by atoms with Crippen LogP contribution in [0.4, 0.5) is 5.82 Å². The van der Waals surface area contributed by atoms with E-state index < -0.39 is 25.6 Å². The summed E-state index contributed by atoms with van der Waals surface area (Å²) in [4.78, 5) is 80.2. The van der Waals surface area contributed by atoms with Gasteiger partial charge in [-0.05, 0) is 61.6 Å². The third-order valence-electron chi connectivity index (χ3n) is 8.49. The lowest BCUT2D eigenvalue weighted by atomic mass is 10.1. The Hall–Kier alpha value is -5.09. The number of nitrogens with one attached hydrogen (secondary N) is 1. The second-order valence-corrected chi connectivity index (χ2v) is 13.8. The first-order chi connectivity index (χ1) is 25.3. The molecule has 0 aliphatic carbocycles. The SMILES string of the molecule is CCCCc1nc2c(N)nc3ccc(CCCOCCCNC(=O)CCC(=O)ON4C(=O)CCC4=O)cc3c2n1Cc1cc(O)ccc1OP(=O)(O)O. The van der Waals surface area contributed by atoms with Gasteiger partial charge in [-0.1, -0.05) is 19.4 Å². The van der Waals surface area contributed by atoms with E-state index in [1.165, 1.54) is 18.2 Å². The Morgan fingerprint density at radius 3 is 2.47 bits per heavy atom. The number of anilines is 1. The molecule has 1 fully saturated rings. The number of phosphoric acid groups is 1. The summed E-state index contributed by atoms with van der Waals surface area (Å²) in [5.41, 5.74) is 9.62. The van der Waals surface area contributed by atoms with Crippen molar-refractivity contribution in [2.75, 3.05) is 25.5 Å². The lowest BCUT2D eigenvalue weighted by Gasteiger charge is -2.16. The fourth-order valence-corrected chi connectivity index (χ4v) is 6.36. The van der Waals surface area contributed by atoms with Crippen LogP contribution in [0.25, 0.3) is 21.9 Å². The number of nitrogens with two attached hydrogens (primary N) is 1. The number of hydrogen-bond acceptors (Lipinski definition) is 12. The number of imide groups is 1. The molecule has 1 aliphatic heterocycles. The van der Waals surface area contributed by atoms with Crippen LogP contribution in [0.2, 0.25) is 0 Å². The highest BCUT2D eigenvalue weighted by molar-refractivity contribution is 7.46. The van der Waals surface area contributed by atoms with Gasteiger partial charge in [0.15, 0.2) is 5.82 Å². The number of nitrogens with zero attached hydrogens (tertiary/aromatic N) is 4. The van der Waals surface area contributed by atoms with Crippen molar-refractivity contribution in [2.24, 2.45) is 0 Å². The van der Waals surface area contributed by atoms with E-state index >= 15 is 0 Å². The van der Waals surface area contributed by atoms with E-state index in [1.807, 2.05) is 22.8 Å². The third-order valence-corrected chi connectivity index (χ3v) is 8.92. The number of aromatic hydroxyl groups is 1. The van der Waals surface area contributed by atoms with Gasteiger partial charge in [-0.25, -0.2) is 19.3 Å². The summed E-state index contributed by atoms with van der Waals surface area (Å²) in [5, 5.41) is 14.2. The van der Waals surface area contributed by atoms with Gasteiger partial charge < -0.3 is 34.8 Å². The van der Waals surface area contributed by atoms with Crippen molar-refractivity contribution in [1.82, 2.24) is 24.9 Å². The summed E-state index contributed by atoms with van der Waals surface area (Å²) in [5.74, 6) is -1.55. The highest BCUT2D eigenvalue weighted by Gasteiger charge is 2.33. The molecule has 0 bridgehead atoms. The minimum absolute atomic E-state index is 0.00224. The normalized spacial score (nSPS) is 13.3. The van der Waals surface area contributed by atoms with E-state index in [4.69, 9.17) is 24.8 Å². The second kappa shape index (κ2) is 17.6. The van der Waals surface area contributed by atoms with E-state index in [-0.39, 0.29) is 55.5 Å². The lowest BCUT2D eigenvalue weighted by Crippen LogP contribution is -2.32. The fraction of sp³-hybridized carbons (Fsp3) is 0.429. The summed E-state index contributed by atoms with van der Waals surface area (Å²) in [7, 11) is -4.88. The zero-order chi connectivity index (χ0) is 38.1. The van der Waals surface area contributed by atoms with E-state index in [0.29, 0.717) is 78.4 Å².